The molecule has 0 spiro atoms. The van der Waals surface area contributed by atoms with E-state index >= 15 is 0 Å². The summed E-state index contributed by atoms with van der Waals surface area (Å²) in [6, 6.07) is 5.55. The quantitative estimate of drug-likeness (QED) is 0.493. The molecule has 0 aromatic heterocycles. The third-order valence-corrected chi connectivity index (χ3v) is 4.82. The van der Waals surface area contributed by atoms with E-state index in [4.69, 9.17) is 14.0 Å². The first-order valence-electron chi connectivity index (χ1n) is 8.53. The average molecular weight is 333 g/mol. The van der Waals surface area contributed by atoms with Crippen LogP contribution in [0, 0.1) is 0 Å². The van der Waals surface area contributed by atoms with E-state index in [1.807, 2.05) is 39.8 Å². The van der Waals surface area contributed by atoms with Gasteiger partial charge in [0.05, 0.1) is 23.9 Å². The molecule has 2 rings (SSSR count). The summed E-state index contributed by atoms with van der Waals surface area (Å²) in [5, 5.41) is 3.32. The number of esters is 1. The number of hydrogen-bond acceptors (Lipinski definition) is 5. The summed E-state index contributed by atoms with van der Waals surface area (Å²) in [4.78, 5) is 12.0. The molecule has 132 valence electrons. The lowest BCUT2D eigenvalue weighted by atomic mass is 9.78. The number of unbranched alkanes of at least 4 members (excludes halogenated alkanes) is 1. The fourth-order valence-electron chi connectivity index (χ4n) is 2.52. The molecule has 0 aliphatic carbocycles. The number of ether oxygens (including phenoxy) is 1. The van der Waals surface area contributed by atoms with Gasteiger partial charge in [0.25, 0.3) is 0 Å². The summed E-state index contributed by atoms with van der Waals surface area (Å²) in [7, 11) is 0.939. The third kappa shape index (κ3) is 3.76. The van der Waals surface area contributed by atoms with E-state index in [1.54, 1.807) is 6.07 Å². The Morgan fingerprint density at radius 1 is 1.21 bits per heavy atom. The second kappa shape index (κ2) is 7.15. The number of rotatable bonds is 6. The summed E-state index contributed by atoms with van der Waals surface area (Å²) < 4.78 is 17.1. The highest BCUT2D eigenvalue weighted by Gasteiger charge is 2.51. The second-order valence-corrected chi connectivity index (χ2v) is 7.17. The van der Waals surface area contributed by atoms with Crippen molar-refractivity contribution in [3.8, 4) is 0 Å². The van der Waals surface area contributed by atoms with Crippen LogP contribution in [0.25, 0.3) is 0 Å². The molecular weight excluding hydrogens is 305 g/mol. The van der Waals surface area contributed by atoms with Crippen LogP contribution < -0.4 is 10.8 Å². The number of carbonyl (C=O) groups excluding carboxylic acids is 1. The molecular formula is C18H28BNO4. The third-order valence-electron chi connectivity index (χ3n) is 4.82. The number of benzene rings is 1. The average Bonchev–Trinajstić information content (AvgIpc) is 2.75. The van der Waals surface area contributed by atoms with Crippen LogP contribution in [-0.4, -0.2) is 37.9 Å². The molecule has 1 aliphatic heterocycles. The van der Waals surface area contributed by atoms with Crippen LogP contribution in [-0.2, 0) is 14.0 Å². The van der Waals surface area contributed by atoms with Crippen LogP contribution >= 0.6 is 0 Å². The lowest BCUT2D eigenvalue weighted by molar-refractivity contribution is 0.00578. The number of carbonyl (C=O) groups is 1. The molecule has 5 nitrogen and oxygen atoms in total. The van der Waals surface area contributed by atoms with Gasteiger partial charge in [-0.25, -0.2) is 4.79 Å². The van der Waals surface area contributed by atoms with Crippen molar-refractivity contribution >= 4 is 24.2 Å². The molecule has 0 amide bonds. The minimum Gasteiger partial charge on any atom is -0.465 e. The SMILES string of the molecule is CCCCNc1cc(B2OC(C)(C)C(C)(C)O2)ccc1C(=O)OC. The predicted molar refractivity (Wildman–Crippen MR) is 96.9 cm³/mol. The molecule has 0 saturated carbocycles. The van der Waals surface area contributed by atoms with Crippen LogP contribution in [0.15, 0.2) is 18.2 Å². The van der Waals surface area contributed by atoms with Gasteiger partial charge >= 0.3 is 13.1 Å². The molecule has 0 atom stereocenters. The Morgan fingerprint density at radius 3 is 2.38 bits per heavy atom. The highest BCUT2D eigenvalue weighted by molar-refractivity contribution is 6.62. The van der Waals surface area contributed by atoms with Crippen LogP contribution in [0.1, 0.15) is 57.8 Å². The Balaban J connectivity index is 2.29. The number of hydrogen-bond donors (Lipinski definition) is 1. The fourth-order valence-corrected chi connectivity index (χ4v) is 2.52. The van der Waals surface area contributed by atoms with Gasteiger partial charge in [-0.2, -0.15) is 0 Å². The van der Waals surface area contributed by atoms with Crippen molar-refractivity contribution in [1.29, 1.82) is 0 Å². The minimum absolute atomic E-state index is 0.352. The van der Waals surface area contributed by atoms with Crippen LogP contribution in [0.4, 0.5) is 5.69 Å². The maximum absolute atomic E-state index is 12.0. The number of anilines is 1. The van der Waals surface area contributed by atoms with Gasteiger partial charge in [-0.05, 0) is 51.7 Å². The molecule has 0 unspecified atom stereocenters. The maximum atomic E-state index is 12.0. The maximum Gasteiger partial charge on any atom is 0.494 e. The van der Waals surface area contributed by atoms with E-state index in [9.17, 15) is 4.79 Å². The van der Waals surface area contributed by atoms with Gasteiger partial charge < -0.3 is 19.4 Å². The van der Waals surface area contributed by atoms with Crippen LogP contribution in [0.5, 0.6) is 0 Å². The van der Waals surface area contributed by atoms with Crippen molar-refractivity contribution < 1.29 is 18.8 Å². The second-order valence-electron chi connectivity index (χ2n) is 7.17. The molecule has 1 saturated heterocycles. The van der Waals surface area contributed by atoms with Crippen molar-refractivity contribution in [1.82, 2.24) is 0 Å². The Morgan fingerprint density at radius 2 is 1.83 bits per heavy atom. The normalized spacial score (nSPS) is 18.5. The van der Waals surface area contributed by atoms with Crippen LogP contribution in [0.2, 0.25) is 0 Å². The molecule has 1 aromatic rings. The predicted octanol–water partition coefficient (Wildman–Crippen LogP) is 2.98. The largest absolute Gasteiger partial charge is 0.494 e. The van der Waals surface area contributed by atoms with E-state index < -0.39 is 18.3 Å². The van der Waals surface area contributed by atoms with E-state index in [0.29, 0.717) is 5.56 Å². The molecule has 1 fully saturated rings. The summed E-state index contributed by atoms with van der Waals surface area (Å²) >= 11 is 0. The minimum atomic E-state index is -0.451. The first-order chi connectivity index (χ1) is 11.2. The summed E-state index contributed by atoms with van der Waals surface area (Å²) in [6.07, 6.45) is 2.11. The standard InChI is InChI=1S/C18H28BNO4/c1-7-8-11-20-15-12-13(9-10-14(15)16(21)22-6)19-23-17(2,3)18(4,5)24-19/h9-10,12,20H,7-8,11H2,1-6H3. The molecule has 6 heteroatoms. The first kappa shape index (κ1) is 18.8. The van der Waals surface area contributed by atoms with E-state index in [-0.39, 0.29) is 5.97 Å². The van der Waals surface area contributed by atoms with E-state index in [0.717, 1.165) is 30.5 Å². The van der Waals surface area contributed by atoms with Gasteiger partial charge in [0, 0.05) is 12.2 Å². The lowest BCUT2D eigenvalue weighted by Gasteiger charge is -2.32. The first-order valence-corrected chi connectivity index (χ1v) is 8.53. The smallest absolute Gasteiger partial charge is 0.465 e. The van der Waals surface area contributed by atoms with Crippen molar-refractivity contribution in [3.05, 3.63) is 23.8 Å². The molecule has 1 heterocycles. The monoisotopic (exact) mass is 333 g/mol. The van der Waals surface area contributed by atoms with Crippen molar-refractivity contribution in [2.75, 3.05) is 19.0 Å². The summed E-state index contributed by atoms with van der Waals surface area (Å²) in [5.41, 5.74) is 1.37. The van der Waals surface area contributed by atoms with Crippen LogP contribution in [0.3, 0.4) is 0 Å². The zero-order chi connectivity index (χ0) is 18.0. The Bertz CT molecular complexity index is 585. The Hall–Kier alpha value is -1.53. The lowest BCUT2D eigenvalue weighted by Crippen LogP contribution is -2.41. The van der Waals surface area contributed by atoms with Crippen molar-refractivity contribution in [3.63, 3.8) is 0 Å². The zero-order valence-electron chi connectivity index (χ0n) is 15.6. The summed E-state index contributed by atoms with van der Waals surface area (Å²) in [5.74, 6) is -0.352. The van der Waals surface area contributed by atoms with Crippen molar-refractivity contribution in [2.24, 2.45) is 0 Å². The molecule has 24 heavy (non-hydrogen) atoms. The fraction of sp³-hybridized carbons (Fsp3) is 0.611. The number of nitrogens with one attached hydrogen (secondary N) is 1. The highest BCUT2D eigenvalue weighted by atomic mass is 16.7. The Kier molecular flexibility index (Phi) is 5.61. The van der Waals surface area contributed by atoms with Gasteiger partial charge in [0.15, 0.2) is 0 Å². The molecule has 0 bridgehead atoms. The van der Waals surface area contributed by atoms with Gasteiger partial charge in [-0.3, -0.25) is 0 Å². The summed E-state index contributed by atoms with van der Waals surface area (Å²) in [6.45, 7) is 11.0. The van der Waals surface area contributed by atoms with Gasteiger partial charge in [0.1, 0.15) is 0 Å². The topological polar surface area (TPSA) is 56.8 Å². The number of methoxy groups -OCH3 is 1. The Labute approximate surface area is 145 Å². The van der Waals surface area contributed by atoms with Gasteiger partial charge in [-0.15, -0.1) is 0 Å². The highest BCUT2D eigenvalue weighted by Crippen LogP contribution is 2.36. The van der Waals surface area contributed by atoms with Gasteiger partial charge in [0.2, 0.25) is 0 Å². The zero-order valence-corrected chi connectivity index (χ0v) is 15.6. The molecule has 1 N–H and O–H groups in total. The van der Waals surface area contributed by atoms with Gasteiger partial charge in [-0.1, -0.05) is 19.4 Å². The molecule has 1 aliphatic rings. The molecule has 1 aromatic carbocycles. The van der Waals surface area contributed by atoms with E-state index in [2.05, 4.69) is 12.2 Å². The molecule has 0 radical (unpaired) electrons. The van der Waals surface area contributed by atoms with E-state index in [1.165, 1.54) is 7.11 Å². The van der Waals surface area contributed by atoms with Crippen molar-refractivity contribution in [2.45, 2.75) is 58.7 Å².